The molecule has 1 atom stereocenters. The van der Waals surface area contributed by atoms with Crippen LogP contribution < -0.4 is 0 Å². The molecule has 5 nitrogen and oxygen atoms in total. The summed E-state index contributed by atoms with van der Waals surface area (Å²) in [5.41, 5.74) is -1.38. The fraction of sp³-hybridized carbons (Fsp3) is 0.667. The minimum absolute atomic E-state index is 0.177. The number of hydrogen-bond acceptors (Lipinski definition) is 5. The van der Waals surface area contributed by atoms with Crippen LogP contribution in [0.5, 0.6) is 0 Å². The van der Waals surface area contributed by atoms with Crippen LogP contribution in [0.15, 0.2) is 12.7 Å². The minimum atomic E-state index is -3.67. The Labute approximate surface area is 90.3 Å². The number of phosphoric ester groups is 1. The maximum absolute atomic E-state index is 11.9. The number of hydrogen-bond donors (Lipinski definition) is 0. The highest BCUT2D eigenvalue weighted by atomic mass is 31.2. The zero-order chi connectivity index (χ0) is 11.9. The van der Waals surface area contributed by atoms with Gasteiger partial charge in [0, 0.05) is 0 Å². The van der Waals surface area contributed by atoms with Gasteiger partial charge in [-0.1, -0.05) is 6.58 Å². The molecule has 0 saturated carbocycles. The van der Waals surface area contributed by atoms with Crippen molar-refractivity contribution in [1.29, 1.82) is 5.26 Å². The van der Waals surface area contributed by atoms with Gasteiger partial charge in [-0.3, -0.25) is 13.6 Å². The topological polar surface area (TPSA) is 68.5 Å². The molecule has 15 heavy (non-hydrogen) atoms. The highest BCUT2D eigenvalue weighted by molar-refractivity contribution is 7.48. The highest BCUT2D eigenvalue weighted by Crippen LogP contribution is 2.52. The average molecular weight is 233 g/mol. The minimum Gasteiger partial charge on any atom is -0.287 e. The van der Waals surface area contributed by atoms with E-state index in [4.69, 9.17) is 18.8 Å². The first-order chi connectivity index (χ1) is 6.95. The van der Waals surface area contributed by atoms with Crippen molar-refractivity contribution < 1.29 is 18.1 Å². The first-order valence-corrected chi connectivity index (χ1v) is 6.06. The van der Waals surface area contributed by atoms with Crippen molar-refractivity contribution in [3.05, 3.63) is 12.7 Å². The molecule has 0 aromatic carbocycles. The molecule has 0 saturated heterocycles. The summed E-state index contributed by atoms with van der Waals surface area (Å²) in [5.74, 6) is 0. The Balaban J connectivity index is 4.75. The second-order valence-corrected chi connectivity index (χ2v) is 4.39. The Morgan fingerprint density at radius 2 is 1.93 bits per heavy atom. The molecule has 1 unspecified atom stereocenters. The van der Waals surface area contributed by atoms with Gasteiger partial charge in [-0.05, 0) is 26.8 Å². The fourth-order valence-electron chi connectivity index (χ4n) is 0.742. The van der Waals surface area contributed by atoms with E-state index in [1.807, 2.05) is 6.07 Å². The highest BCUT2D eigenvalue weighted by Gasteiger charge is 2.35. The van der Waals surface area contributed by atoms with Crippen molar-refractivity contribution in [2.75, 3.05) is 13.2 Å². The first-order valence-electron chi connectivity index (χ1n) is 4.60. The lowest BCUT2D eigenvalue weighted by molar-refractivity contribution is 0.0804. The standard InChI is InChI=1S/C9H16NO4P/c1-5-9(4,8-10)14-15(11,12-6-2)13-7-3/h5H,1,6-7H2,2-4H3. The van der Waals surface area contributed by atoms with Crippen LogP contribution in [0.1, 0.15) is 20.8 Å². The monoisotopic (exact) mass is 233 g/mol. The van der Waals surface area contributed by atoms with Gasteiger partial charge in [0.15, 0.2) is 5.60 Å². The van der Waals surface area contributed by atoms with Crippen LogP contribution in [0.3, 0.4) is 0 Å². The molecule has 0 N–H and O–H groups in total. The van der Waals surface area contributed by atoms with E-state index >= 15 is 0 Å². The summed E-state index contributed by atoms with van der Waals surface area (Å²) in [6.45, 7) is 8.54. The largest absolute Gasteiger partial charge is 0.476 e. The van der Waals surface area contributed by atoms with Crippen LogP contribution in [0.25, 0.3) is 0 Å². The third kappa shape index (κ3) is 4.59. The van der Waals surface area contributed by atoms with E-state index in [-0.39, 0.29) is 13.2 Å². The van der Waals surface area contributed by atoms with Gasteiger partial charge in [-0.25, -0.2) is 4.57 Å². The van der Waals surface area contributed by atoms with Gasteiger partial charge in [0.05, 0.1) is 13.2 Å². The predicted octanol–water partition coefficient (Wildman–Crippen LogP) is 2.65. The van der Waals surface area contributed by atoms with Crippen molar-refractivity contribution in [3.8, 4) is 6.07 Å². The summed E-state index contributed by atoms with van der Waals surface area (Å²) < 4.78 is 26.7. The summed E-state index contributed by atoms with van der Waals surface area (Å²) in [6.07, 6.45) is 1.25. The SMILES string of the molecule is C=CC(C)(C#N)OP(=O)(OCC)OCC. The predicted molar refractivity (Wildman–Crippen MR) is 56.2 cm³/mol. The molecule has 0 amide bonds. The maximum atomic E-state index is 11.9. The van der Waals surface area contributed by atoms with Gasteiger partial charge in [-0.2, -0.15) is 5.26 Å². The van der Waals surface area contributed by atoms with Crippen LogP contribution in [-0.4, -0.2) is 18.8 Å². The summed E-state index contributed by atoms with van der Waals surface area (Å²) in [6, 6.07) is 1.83. The third-order valence-electron chi connectivity index (χ3n) is 1.49. The van der Waals surface area contributed by atoms with Gasteiger partial charge >= 0.3 is 7.82 Å². The number of nitriles is 1. The third-order valence-corrected chi connectivity index (χ3v) is 3.24. The number of rotatable bonds is 7. The molecule has 0 heterocycles. The average Bonchev–Trinajstić information content (AvgIpc) is 2.18. The first kappa shape index (κ1) is 14.3. The molecule has 0 aliphatic carbocycles. The summed E-state index contributed by atoms with van der Waals surface area (Å²) in [5, 5.41) is 8.81. The van der Waals surface area contributed by atoms with Crippen LogP contribution in [0, 0.1) is 11.3 Å². The van der Waals surface area contributed by atoms with Gasteiger partial charge in [-0.15, -0.1) is 0 Å². The van der Waals surface area contributed by atoms with Crippen LogP contribution >= 0.6 is 7.82 Å². The molecule has 0 fully saturated rings. The van der Waals surface area contributed by atoms with Gasteiger partial charge in [0.25, 0.3) is 0 Å². The fourth-order valence-corrected chi connectivity index (χ4v) is 2.13. The van der Waals surface area contributed by atoms with Crippen molar-refractivity contribution in [1.82, 2.24) is 0 Å². The van der Waals surface area contributed by atoms with E-state index in [1.165, 1.54) is 13.0 Å². The molecule has 0 radical (unpaired) electrons. The van der Waals surface area contributed by atoms with Gasteiger partial charge < -0.3 is 0 Å². The Kier molecular flexibility index (Phi) is 5.77. The molecular weight excluding hydrogens is 217 g/mol. The Hall–Kier alpha value is -0.660. The second-order valence-electron chi connectivity index (χ2n) is 2.80. The van der Waals surface area contributed by atoms with Crippen LogP contribution in [-0.2, 0) is 18.1 Å². The lowest BCUT2D eigenvalue weighted by atomic mass is 10.1. The van der Waals surface area contributed by atoms with Crippen LogP contribution in [0.4, 0.5) is 0 Å². The van der Waals surface area contributed by atoms with E-state index in [0.29, 0.717) is 0 Å². The number of nitrogens with zero attached hydrogens (tertiary/aromatic N) is 1. The molecule has 0 bridgehead atoms. The molecule has 0 rings (SSSR count). The molecular formula is C9H16NO4P. The van der Waals surface area contributed by atoms with E-state index < -0.39 is 13.4 Å². The zero-order valence-corrected chi connectivity index (χ0v) is 10.1. The Morgan fingerprint density at radius 1 is 1.47 bits per heavy atom. The summed E-state index contributed by atoms with van der Waals surface area (Å²) in [7, 11) is -3.67. The molecule has 6 heteroatoms. The second kappa shape index (κ2) is 6.04. The van der Waals surface area contributed by atoms with E-state index in [2.05, 4.69) is 6.58 Å². The summed E-state index contributed by atoms with van der Waals surface area (Å²) >= 11 is 0. The smallest absolute Gasteiger partial charge is 0.287 e. The van der Waals surface area contributed by atoms with Crippen molar-refractivity contribution in [2.24, 2.45) is 0 Å². The Morgan fingerprint density at radius 3 is 2.20 bits per heavy atom. The normalized spacial score (nSPS) is 15.3. The van der Waals surface area contributed by atoms with E-state index in [1.54, 1.807) is 13.8 Å². The molecule has 0 aromatic rings. The zero-order valence-electron chi connectivity index (χ0n) is 9.23. The molecule has 0 aromatic heterocycles. The Bertz CT molecular complexity index is 289. The van der Waals surface area contributed by atoms with E-state index in [0.717, 1.165) is 0 Å². The van der Waals surface area contributed by atoms with Crippen molar-refractivity contribution in [2.45, 2.75) is 26.4 Å². The number of phosphoric acid groups is 1. The lowest BCUT2D eigenvalue weighted by Gasteiger charge is -2.23. The lowest BCUT2D eigenvalue weighted by Crippen LogP contribution is -2.23. The summed E-state index contributed by atoms with van der Waals surface area (Å²) in [4.78, 5) is 0. The van der Waals surface area contributed by atoms with Crippen molar-refractivity contribution in [3.63, 3.8) is 0 Å². The molecule has 0 aliphatic rings. The van der Waals surface area contributed by atoms with E-state index in [9.17, 15) is 4.57 Å². The van der Waals surface area contributed by atoms with Gasteiger partial charge in [0.1, 0.15) is 6.07 Å². The van der Waals surface area contributed by atoms with Gasteiger partial charge in [0.2, 0.25) is 0 Å². The van der Waals surface area contributed by atoms with Crippen LogP contribution in [0.2, 0.25) is 0 Å². The maximum Gasteiger partial charge on any atom is 0.476 e. The molecule has 0 spiro atoms. The quantitative estimate of drug-likeness (QED) is 0.499. The van der Waals surface area contributed by atoms with Crippen molar-refractivity contribution >= 4 is 7.82 Å². The molecule has 0 aliphatic heterocycles. The molecule has 86 valence electrons.